The predicted molar refractivity (Wildman–Crippen MR) is 96.4 cm³/mol. The molecule has 2 aromatic rings. The lowest BCUT2D eigenvalue weighted by atomic mass is 9.97. The van der Waals surface area contributed by atoms with Crippen molar-refractivity contribution >= 4 is 54.5 Å². The molecule has 0 bridgehead atoms. The molecule has 1 atom stereocenters. The van der Waals surface area contributed by atoms with Gasteiger partial charge in [0.1, 0.15) is 11.6 Å². The van der Waals surface area contributed by atoms with Gasteiger partial charge in [0, 0.05) is 13.6 Å². The summed E-state index contributed by atoms with van der Waals surface area (Å²) >= 11 is 8.77. The van der Waals surface area contributed by atoms with Crippen LogP contribution in [0.4, 0.5) is 8.78 Å². The third-order valence-corrected chi connectivity index (χ3v) is 5.05. The van der Waals surface area contributed by atoms with Gasteiger partial charge in [-0.1, -0.05) is 22.9 Å². The standard InChI is InChI=1S/C15H12Br2F2IN/c1-2-21-15(9-7-8(20)3-4-10(9)16)13-12(18)6-5-11(17)14(13)19/h3-7,15,21H,2H2,1H3. The maximum Gasteiger partial charge on any atom is 0.145 e. The van der Waals surface area contributed by atoms with Crippen LogP contribution >= 0.6 is 54.5 Å². The molecule has 1 unspecified atom stereocenters. The van der Waals surface area contributed by atoms with Gasteiger partial charge in [-0.3, -0.25) is 0 Å². The van der Waals surface area contributed by atoms with Gasteiger partial charge in [-0.2, -0.15) is 0 Å². The SMILES string of the molecule is CCNC(c1cc(I)ccc1Br)c1c(F)ccc(Br)c1F. The molecule has 0 fully saturated rings. The Bertz CT molecular complexity index is 664. The van der Waals surface area contributed by atoms with E-state index in [0.29, 0.717) is 6.54 Å². The molecule has 0 aromatic heterocycles. The Hall–Kier alpha value is -0.0500. The Morgan fingerprint density at radius 2 is 1.81 bits per heavy atom. The molecule has 0 aliphatic carbocycles. The largest absolute Gasteiger partial charge is 0.306 e. The van der Waals surface area contributed by atoms with Gasteiger partial charge in [-0.05, 0) is 81.0 Å². The number of halogens is 5. The average Bonchev–Trinajstić information content (AvgIpc) is 2.45. The summed E-state index contributed by atoms with van der Waals surface area (Å²) in [6, 6.07) is 7.82. The Morgan fingerprint density at radius 3 is 2.48 bits per heavy atom. The molecule has 0 aliphatic heterocycles. The van der Waals surface area contributed by atoms with E-state index < -0.39 is 17.7 Å². The fourth-order valence-corrected chi connectivity index (χ4v) is 3.45. The molecule has 6 heteroatoms. The second-order valence-corrected chi connectivity index (χ2v) is 7.37. The molecule has 0 spiro atoms. The highest BCUT2D eigenvalue weighted by Crippen LogP contribution is 2.34. The van der Waals surface area contributed by atoms with Crippen LogP contribution in [0.5, 0.6) is 0 Å². The van der Waals surface area contributed by atoms with Gasteiger partial charge in [0.25, 0.3) is 0 Å². The Balaban J connectivity index is 2.64. The summed E-state index contributed by atoms with van der Waals surface area (Å²) in [5, 5.41) is 3.16. The minimum atomic E-state index is -0.577. The summed E-state index contributed by atoms with van der Waals surface area (Å²) in [7, 11) is 0. The van der Waals surface area contributed by atoms with Crippen LogP contribution in [0.15, 0.2) is 39.3 Å². The molecule has 0 amide bonds. The minimum Gasteiger partial charge on any atom is -0.306 e. The lowest BCUT2D eigenvalue weighted by molar-refractivity contribution is 0.506. The number of benzene rings is 2. The van der Waals surface area contributed by atoms with Crippen molar-refractivity contribution in [3.63, 3.8) is 0 Å². The van der Waals surface area contributed by atoms with E-state index in [2.05, 4.69) is 59.8 Å². The van der Waals surface area contributed by atoms with Crippen LogP contribution in [-0.4, -0.2) is 6.54 Å². The molecule has 0 saturated carbocycles. The van der Waals surface area contributed by atoms with E-state index in [0.717, 1.165) is 13.6 Å². The molecular weight excluding hydrogens is 519 g/mol. The zero-order valence-corrected chi connectivity index (χ0v) is 16.4. The van der Waals surface area contributed by atoms with Crippen LogP contribution < -0.4 is 5.32 Å². The highest BCUT2D eigenvalue weighted by atomic mass is 127. The Kier molecular flexibility index (Phi) is 6.16. The van der Waals surface area contributed by atoms with Gasteiger partial charge < -0.3 is 5.32 Å². The van der Waals surface area contributed by atoms with E-state index in [1.807, 2.05) is 25.1 Å². The molecule has 2 aromatic carbocycles. The van der Waals surface area contributed by atoms with Gasteiger partial charge in [0.15, 0.2) is 0 Å². The maximum absolute atomic E-state index is 14.4. The van der Waals surface area contributed by atoms with Gasteiger partial charge in [-0.15, -0.1) is 0 Å². The number of hydrogen-bond donors (Lipinski definition) is 1. The molecule has 21 heavy (non-hydrogen) atoms. The van der Waals surface area contributed by atoms with Crippen LogP contribution in [0.3, 0.4) is 0 Å². The van der Waals surface area contributed by atoms with Crippen LogP contribution in [0.25, 0.3) is 0 Å². The molecule has 1 nitrogen and oxygen atoms in total. The summed E-state index contributed by atoms with van der Waals surface area (Å²) in [5.41, 5.74) is 0.827. The number of nitrogens with one attached hydrogen (secondary N) is 1. The van der Waals surface area contributed by atoms with Gasteiger partial charge in [-0.25, -0.2) is 8.78 Å². The van der Waals surface area contributed by atoms with E-state index in [-0.39, 0.29) is 10.0 Å². The van der Waals surface area contributed by atoms with Crippen molar-refractivity contribution in [2.75, 3.05) is 6.54 Å². The topological polar surface area (TPSA) is 12.0 Å². The molecule has 2 rings (SSSR count). The Labute approximate surface area is 152 Å². The average molecular weight is 531 g/mol. The van der Waals surface area contributed by atoms with Crippen molar-refractivity contribution in [2.24, 2.45) is 0 Å². The molecule has 0 saturated heterocycles. The molecule has 1 N–H and O–H groups in total. The van der Waals surface area contributed by atoms with E-state index in [1.165, 1.54) is 12.1 Å². The normalized spacial score (nSPS) is 12.5. The van der Waals surface area contributed by atoms with Gasteiger partial charge in [0.05, 0.1) is 10.5 Å². The quantitative estimate of drug-likeness (QED) is 0.389. The first kappa shape index (κ1) is 17.3. The first-order chi connectivity index (χ1) is 9.95. The van der Waals surface area contributed by atoms with Crippen molar-refractivity contribution in [2.45, 2.75) is 13.0 Å². The van der Waals surface area contributed by atoms with Gasteiger partial charge in [0.2, 0.25) is 0 Å². The zero-order chi connectivity index (χ0) is 15.6. The van der Waals surface area contributed by atoms with E-state index >= 15 is 0 Å². The van der Waals surface area contributed by atoms with Crippen molar-refractivity contribution in [1.29, 1.82) is 0 Å². The van der Waals surface area contributed by atoms with Crippen LogP contribution in [0.2, 0.25) is 0 Å². The monoisotopic (exact) mass is 529 g/mol. The van der Waals surface area contributed by atoms with Crippen molar-refractivity contribution in [3.8, 4) is 0 Å². The molecule has 0 radical (unpaired) electrons. The second kappa shape index (κ2) is 7.48. The highest BCUT2D eigenvalue weighted by Gasteiger charge is 2.24. The Morgan fingerprint density at radius 1 is 1.14 bits per heavy atom. The van der Waals surface area contributed by atoms with Crippen LogP contribution in [0, 0.1) is 15.2 Å². The molecular formula is C15H12Br2F2IN. The van der Waals surface area contributed by atoms with Crippen molar-refractivity contribution < 1.29 is 8.78 Å². The van der Waals surface area contributed by atoms with Crippen molar-refractivity contribution in [1.82, 2.24) is 5.32 Å². The summed E-state index contributed by atoms with van der Waals surface area (Å²) in [6.07, 6.45) is 0. The van der Waals surface area contributed by atoms with E-state index in [1.54, 1.807) is 0 Å². The maximum atomic E-state index is 14.4. The van der Waals surface area contributed by atoms with Crippen LogP contribution in [-0.2, 0) is 0 Å². The zero-order valence-electron chi connectivity index (χ0n) is 11.1. The summed E-state index contributed by atoms with van der Waals surface area (Å²) in [6.45, 7) is 2.50. The first-order valence-corrected chi connectivity index (χ1v) is 8.94. The molecule has 0 aliphatic rings. The highest BCUT2D eigenvalue weighted by molar-refractivity contribution is 14.1. The molecule has 112 valence electrons. The summed E-state index contributed by atoms with van der Waals surface area (Å²) in [5.74, 6) is -1.14. The number of rotatable bonds is 4. The molecule has 0 heterocycles. The predicted octanol–water partition coefficient (Wildman–Crippen LogP) is 5.79. The fourth-order valence-electron chi connectivity index (χ4n) is 2.11. The van der Waals surface area contributed by atoms with Crippen molar-refractivity contribution in [3.05, 3.63) is 65.6 Å². The van der Waals surface area contributed by atoms with E-state index in [4.69, 9.17) is 0 Å². The fraction of sp³-hybridized carbons (Fsp3) is 0.200. The third-order valence-electron chi connectivity index (χ3n) is 3.05. The van der Waals surface area contributed by atoms with Crippen LogP contribution in [0.1, 0.15) is 24.1 Å². The minimum absolute atomic E-state index is 0.0222. The summed E-state index contributed by atoms with van der Waals surface area (Å²) in [4.78, 5) is 0. The smallest absolute Gasteiger partial charge is 0.145 e. The van der Waals surface area contributed by atoms with Gasteiger partial charge >= 0.3 is 0 Å². The second-order valence-electron chi connectivity index (χ2n) is 4.41. The lowest BCUT2D eigenvalue weighted by Gasteiger charge is -2.22. The van der Waals surface area contributed by atoms with E-state index in [9.17, 15) is 8.78 Å². The third kappa shape index (κ3) is 3.83. The lowest BCUT2D eigenvalue weighted by Crippen LogP contribution is -2.24. The first-order valence-electron chi connectivity index (χ1n) is 6.27. The number of hydrogen-bond acceptors (Lipinski definition) is 1. The summed E-state index contributed by atoms with van der Waals surface area (Å²) < 4.78 is 30.7.